The van der Waals surface area contributed by atoms with Crippen molar-refractivity contribution in [2.45, 2.75) is 30.5 Å². The van der Waals surface area contributed by atoms with Crippen molar-refractivity contribution < 1.29 is 14.8 Å². The van der Waals surface area contributed by atoms with Crippen LogP contribution in [0.2, 0.25) is 6.32 Å². The third-order valence-corrected chi connectivity index (χ3v) is 4.73. The number of amides is 1. The third-order valence-electron chi connectivity index (χ3n) is 3.21. The molecule has 4 nitrogen and oxygen atoms in total. The Morgan fingerprint density at radius 2 is 2.10 bits per heavy atom. The molecule has 0 atom stereocenters. The lowest BCUT2D eigenvalue weighted by Gasteiger charge is -2.29. The van der Waals surface area contributed by atoms with Gasteiger partial charge in [0.1, 0.15) is 0 Å². The van der Waals surface area contributed by atoms with Gasteiger partial charge in [-0.15, -0.1) is 11.8 Å². The summed E-state index contributed by atoms with van der Waals surface area (Å²) >= 11 is 5.02. The molecule has 7 heteroatoms. The average molecular weight is 358 g/mol. The van der Waals surface area contributed by atoms with Crippen molar-refractivity contribution in [2.24, 2.45) is 0 Å². The number of carbonyl (C=O) groups excluding carboxylic acids is 1. The Morgan fingerprint density at radius 1 is 1.30 bits per heavy atom. The molecule has 0 aliphatic carbocycles. The monoisotopic (exact) mass is 357 g/mol. The first-order valence-electron chi connectivity index (χ1n) is 6.67. The van der Waals surface area contributed by atoms with Crippen LogP contribution in [0.3, 0.4) is 0 Å². The molecule has 0 fully saturated rings. The summed E-state index contributed by atoms with van der Waals surface area (Å²) in [6, 6.07) is 5.97. The van der Waals surface area contributed by atoms with Crippen LogP contribution >= 0.6 is 27.7 Å². The van der Waals surface area contributed by atoms with Crippen LogP contribution < -0.4 is 4.90 Å². The maximum Gasteiger partial charge on any atom is 0.451 e. The van der Waals surface area contributed by atoms with Crippen molar-refractivity contribution in [3.63, 3.8) is 0 Å². The average Bonchev–Trinajstić information content (AvgIpc) is 2.40. The van der Waals surface area contributed by atoms with E-state index in [1.54, 1.807) is 11.8 Å². The van der Waals surface area contributed by atoms with E-state index >= 15 is 0 Å². The van der Waals surface area contributed by atoms with E-state index in [-0.39, 0.29) is 5.91 Å². The predicted octanol–water partition coefficient (Wildman–Crippen LogP) is 2.53. The first-order chi connectivity index (χ1) is 9.58. The molecule has 1 aliphatic heterocycles. The number of benzene rings is 1. The van der Waals surface area contributed by atoms with E-state index in [2.05, 4.69) is 15.9 Å². The van der Waals surface area contributed by atoms with Crippen molar-refractivity contribution in [1.29, 1.82) is 0 Å². The fraction of sp³-hybridized carbons (Fsp3) is 0.462. The molecule has 108 valence electrons. The Morgan fingerprint density at radius 3 is 2.85 bits per heavy atom. The number of nitrogens with zero attached hydrogens (tertiary/aromatic N) is 1. The molecule has 0 aromatic heterocycles. The number of unbranched alkanes of at least 4 members (excludes halogenated alkanes) is 2. The Balaban J connectivity index is 1.92. The van der Waals surface area contributed by atoms with Gasteiger partial charge in [-0.2, -0.15) is 0 Å². The highest BCUT2D eigenvalue weighted by Gasteiger charge is 2.24. The van der Waals surface area contributed by atoms with Crippen LogP contribution in [0.4, 0.5) is 5.69 Å². The molecular weight excluding hydrogens is 341 g/mol. The summed E-state index contributed by atoms with van der Waals surface area (Å²) in [7, 11) is -1.22. The van der Waals surface area contributed by atoms with Crippen molar-refractivity contribution >= 4 is 46.4 Å². The van der Waals surface area contributed by atoms with Crippen molar-refractivity contribution in [1.82, 2.24) is 0 Å². The van der Waals surface area contributed by atoms with Crippen LogP contribution in [0.5, 0.6) is 0 Å². The molecule has 0 saturated heterocycles. The fourth-order valence-corrected chi connectivity index (χ4v) is 3.68. The predicted molar refractivity (Wildman–Crippen MR) is 86.1 cm³/mol. The topological polar surface area (TPSA) is 60.8 Å². The van der Waals surface area contributed by atoms with Gasteiger partial charge >= 0.3 is 7.12 Å². The molecule has 0 spiro atoms. The molecule has 1 aliphatic rings. The van der Waals surface area contributed by atoms with Crippen LogP contribution in [0.25, 0.3) is 0 Å². The van der Waals surface area contributed by atoms with Gasteiger partial charge in [0.25, 0.3) is 0 Å². The fourth-order valence-electron chi connectivity index (χ4n) is 2.20. The Labute approximate surface area is 131 Å². The maximum absolute atomic E-state index is 12.0. The number of halogens is 1. The van der Waals surface area contributed by atoms with E-state index in [0.29, 0.717) is 18.6 Å². The number of thioether (sulfide) groups is 1. The standard InChI is InChI=1S/C13H17BBrNO3S/c15-10-4-5-11-12(8-10)20-9-13(17)16(11)7-3-1-2-6-14(18)19/h4-5,8,18-19H,1-3,6-7,9H2. The maximum atomic E-state index is 12.0. The minimum absolute atomic E-state index is 0.145. The zero-order valence-corrected chi connectivity index (χ0v) is 13.5. The normalized spacial score (nSPS) is 14.3. The smallest absolute Gasteiger partial charge is 0.427 e. The summed E-state index contributed by atoms with van der Waals surface area (Å²) in [4.78, 5) is 15.0. The SMILES string of the molecule is O=C1CSc2cc(Br)ccc2N1CCCCCB(O)O. The zero-order chi connectivity index (χ0) is 14.5. The summed E-state index contributed by atoms with van der Waals surface area (Å²) in [6.45, 7) is 0.690. The van der Waals surface area contributed by atoms with Gasteiger partial charge in [-0.05, 0) is 30.9 Å². The first-order valence-corrected chi connectivity index (χ1v) is 8.44. The van der Waals surface area contributed by atoms with Gasteiger partial charge in [0, 0.05) is 15.9 Å². The minimum Gasteiger partial charge on any atom is -0.427 e. The molecule has 2 rings (SSSR count). The molecule has 0 bridgehead atoms. The van der Waals surface area contributed by atoms with E-state index in [0.717, 1.165) is 34.3 Å². The van der Waals surface area contributed by atoms with Gasteiger partial charge in [-0.3, -0.25) is 4.79 Å². The van der Waals surface area contributed by atoms with Gasteiger partial charge in [-0.25, -0.2) is 0 Å². The zero-order valence-electron chi connectivity index (χ0n) is 11.1. The van der Waals surface area contributed by atoms with Crippen LogP contribution in [-0.2, 0) is 4.79 Å². The molecule has 0 saturated carbocycles. The number of fused-ring (bicyclic) bond motifs is 1. The lowest BCUT2D eigenvalue weighted by atomic mass is 9.83. The Kier molecular flexibility index (Phi) is 5.95. The molecule has 1 aromatic carbocycles. The van der Waals surface area contributed by atoms with Gasteiger partial charge in [0.2, 0.25) is 5.91 Å². The quantitative estimate of drug-likeness (QED) is 0.606. The summed E-state index contributed by atoms with van der Waals surface area (Å²) in [5, 5.41) is 17.6. The van der Waals surface area contributed by atoms with Crippen LogP contribution in [0.15, 0.2) is 27.6 Å². The summed E-state index contributed by atoms with van der Waals surface area (Å²) in [5.41, 5.74) is 0.983. The van der Waals surface area contributed by atoms with E-state index < -0.39 is 7.12 Å². The molecule has 20 heavy (non-hydrogen) atoms. The highest BCUT2D eigenvalue weighted by atomic mass is 79.9. The van der Waals surface area contributed by atoms with E-state index in [1.165, 1.54) is 0 Å². The molecule has 2 N–H and O–H groups in total. The minimum atomic E-state index is -1.22. The summed E-state index contributed by atoms with van der Waals surface area (Å²) in [5.74, 6) is 0.630. The Hall–Kier alpha value is -0.495. The van der Waals surface area contributed by atoms with Crippen LogP contribution in [0, 0.1) is 0 Å². The van der Waals surface area contributed by atoms with E-state index in [4.69, 9.17) is 10.0 Å². The number of hydrogen-bond donors (Lipinski definition) is 2. The lowest BCUT2D eigenvalue weighted by molar-refractivity contribution is -0.116. The number of rotatable bonds is 6. The van der Waals surface area contributed by atoms with Gasteiger partial charge in [0.15, 0.2) is 0 Å². The summed E-state index contributed by atoms with van der Waals surface area (Å²) < 4.78 is 1.02. The molecule has 1 amide bonds. The van der Waals surface area contributed by atoms with Crippen molar-refractivity contribution in [3.8, 4) is 0 Å². The van der Waals surface area contributed by atoms with Crippen LogP contribution in [-0.4, -0.2) is 35.4 Å². The Bertz CT molecular complexity index is 487. The molecular formula is C13H17BBrNO3S. The lowest BCUT2D eigenvalue weighted by Crippen LogP contribution is -2.36. The van der Waals surface area contributed by atoms with Crippen molar-refractivity contribution in [2.75, 3.05) is 17.2 Å². The highest BCUT2D eigenvalue weighted by molar-refractivity contribution is 9.10. The number of hydrogen-bond acceptors (Lipinski definition) is 4. The van der Waals surface area contributed by atoms with Gasteiger partial charge < -0.3 is 14.9 Å². The van der Waals surface area contributed by atoms with Crippen molar-refractivity contribution in [3.05, 3.63) is 22.7 Å². The van der Waals surface area contributed by atoms with E-state index in [9.17, 15) is 4.79 Å². The second kappa shape index (κ2) is 7.50. The third kappa shape index (κ3) is 4.25. The molecule has 1 heterocycles. The second-order valence-corrected chi connectivity index (χ2v) is 6.71. The molecule has 0 radical (unpaired) electrons. The van der Waals surface area contributed by atoms with Crippen LogP contribution in [0.1, 0.15) is 19.3 Å². The van der Waals surface area contributed by atoms with Gasteiger partial charge in [-0.1, -0.05) is 28.8 Å². The van der Waals surface area contributed by atoms with E-state index in [1.807, 2.05) is 23.1 Å². The number of anilines is 1. The largest absolute Gasteiger partial charge is 0.451 e. The second-order valence-electron chi connectivity index (χ2n) is 4.78. The number of carbonyl (C=O) groups is 1. The molecule has 0 unspecified atom stereocenters. The molecule has 1 aromatic rings. The highest BCUT2D eigenvalue weighted by Crippen LogP contribution is 2.37. The first kappa shape index (κ1) is 15.9. The van der Waals surface area contributed by atoms with Gasteiger partial charge in [0.05, 0.1) is 11.4 Å². The summed E-state index contributed by atoms with van der Waals surface area (Å²) in [6.07, 6.45) is 2.92.